The van der Waals surface area contributed by atoms with Crippen molar-refractivity contribution in [3.63, 3.8) is 0 Å². The molecule has 0 radical (unpaired) electrons. The topological polar surface area (TPSA) is 93.3 Å². The molecular formula is C12H7ClN2O4S. The van der Waals surface area contributed by atoms with E-state index in [1.807, 2.05) is 0 Å². The van der Waals surface area contributed by atoms with E-state index in [2.05, 4.69) is 4.98 Å². The lowest BCUT2D eigenvalue weighted by Gasteiger charge is -2.04. The average molecular weight is 311 g/mol. The summed E-state index contributed by atoms with van der Waals surface area (Å²) in [5.41, 5.74) is -0.326. The molecular weight excluding hydrogens is 304 g/mol. The number of carbonyl (C=O) groups is 1. The molecule has 8 heteroatoms. The third kappa shape index (κ3) is 3.06. The highest BCUT2D eigenvalue weighted by Crippen LogP contribution is 2.38. The zero-order chi connectivity index (χ0) is 14.7. The first-order valence-corrected chi connectivity index (χ1v) is 6.48. The number of carboxylic acid groups (broad SMARTS) is 1. The van der Waals surface area contributed by atoms with Crippen LogP contribution < -0.4 is 0 Å². The van der Waals surface area contributed by atoms with Crippen LogP contribution >= 0.6 is 23.4 Å². The second-order valence-electron chi connectivity index (χ2n) is 3.63. The van der Waals surface area contributed by atoms with Gasteiger partial charge in [0, 0.05) is 11.1 Å². The van der Waals surface area contributed by atoms with E-state index >= 15 is 0 Å². The second-order valence-corrected chi connectivity index (χ2v) is 5.15. The first kappa shape index (κ1) is 14.3. The molecule has 1 N–H and O–H groups in total. The van der Waals surface area contributed by atoms with Crippen LogP contribution in [-0.4, -0.2) is 21.0 Å². The number of carboxylic acids is 1. The molecule has 6 nitrogen and oxygen atoms in total. The van der Waals surface area contributed by atoms with Crippen molar-refractivity contribution < 1.29 is 14.8 Å². The lowest BCUT2D eigenvalue weighted by atomic mass is 10.3. The van der Waals surface area contributed by atoms with Gasteiger partial charge in [0.1, 0.15) is 10.7 Å². The van der Waals surface area contributed by atoms with Crippen molar-refractivity contribution in [2.24, 2.45) is 0 Å². The van der Waals surface area contributed by atoms with Gasteiger partial charge in [-0.15, -0.1) is 0 Å². The summed E-state index contributed by atoms with van der Waals surface area (Å²) >= 11 is 6.87. The minimum Gasteiger partial charge on any atom is -0.477 e. The lowest BCUT2D eigenvalue weighted by molar-refractivity contribution is -0.387. The molecule has 0 saturated carbocycles. The third-order valence-electron chi connectivity index (χ3n) is 2.31. The Hall–Kier alpha value is -2.12. The molecule has 0 aliphatic rings. The van der Waals surface area contributed by atoms with Crippen LogP contribution in [-0.2, 0) is 0 Å². The molecule has 0 aliphatic carbocycles. The highest BCUT2D eigenvalue weighted by Gasteiger charge is 2.19. The van der Waals surface area contributed by atoms with Crippen LogP contribution in [0.15, 0.2) is 46.3 Å². The monoisotopic (exact) mass is 310 g/mol. The van der Waals surface area contributed by atoms with Crippen LogP contribution in [0, 0.1) is 10.1 Å². The Kier molecular flexibility index (Phi) is 4.21. The molecule has 0 aliphatic heterocycles. The smallest absolute Gasteiger partial charge is 0.354 e. The number of rotatable bonds is 4. The van der Waals surface area contributed by atoms with Crippen molar-refractivity contribution in [2.45, 2.75) is 9.79 Å². The molecule has 1 aromatic carbocycles. The van der Waals surface area contributed by atoms with E-state index in [-0.39, 0.29) is 16.4 Å². The summed E-state index contributed by atoms with van der Waals surface area (Å²) in [4.78, 5) is 25.8. The van der Waals surface area contributed by atoms with Gasteiger partial charge in [0.25, 0.3) is 0 Å². The summed E-state index contributed by atoms with van der Waals surface area (Å²) in [7, 11) is 0. The van der Waals surface area contributed by atoms with Gasteiger partial charge in [-0.3, -0.25) is 10.1 Å². The van der Waals surface area contributed by atoms with Gasteiger partial charge in [-0.1, -0.05) is 29.4 Å². The van der Waals surface area contributed by atoms with Gasteiger partial charge in [-0.2, -0.15) is 0 Å². The molecule has 0 unspecified atom stereocenters. The number of pyridine rings is 1. The maximum Gasteiger partial charge on any atom is 0.354 e. The fourth-order valence-corrected chi connectivity index (χ4v) is 2.75. The second kappa shape index (κ2) is 5.89. The van der Waals surface area contributed by atoms with Crippen molar-refractivity contribution in [3.05, 3.63) is 57.4 Å². The van der Waals surface area contributed by atoms with Crippen LogP contribution in [0.25, 0.3) is 0 Å². The third-order valence-corrected chi connectivity index (χ3v) is 3.65. The van der Waals surface area contributed by atoms with Crippen molar-refractivity contribution in [1.29, 1.82) is 0 Å². The van der Waals surface area contributed by atoms with Gasteiger partial charge < -0.3 is 5.11 Å². The lowest BCUT2D eigenvalue weighted by Crippen LogP contribution is -1.99. The molecule has 0 fully saturated rings. The molecule has 0 saturated heterocycles. The maximum atomic E-state index is 11.0. The number of nitro benzene ring substituents is 1. The Morgan fingerprint density at radius 2 is 2.15 bits per heavy atom. The molecule has 0 atom stereocenters. The summed E-state index contributed by atoms with van der Waals surface area (Å²) in [6, 6.07) is 7.49. The Bertz CT molecular complexity index is 693. The fourth-order valence-electron chi connectivity index (χ4n) is 1.47. The maximum absolute atomic E-state index is 11.0. The van der Waals surface area contributed by atoms with Crippen LogP contribution in [0.4, 0.5) is 5.69 Å². The zero-order valence-electron chi connectivity index (χ0n) is 9.82. The number of nitrogens with zero attached hydrogens (tertiary/aromatic N) is 2. The SMILES string of the molecule is O=C(O)c1cc(Sc2cccc(Cl)c2[N+](=O)[O-])ccn1. The number of hydrogen-bond donors (Lipinski definition) is 1. The molecule has 2 rings (SSSR count). The average Bonchev–Trinajstić information content (AvgIpc) is 2.38. The predicted molar refractivity (Wildman–Crippen MR) is 73.4 cm³/mol. The van der Waals surface area contributed by atoms with E-state index in [9.17, 15) is 14.9 Å². The van der Waals surface area contributed by atoms with E-state index in [1.165, 1.54) is 18.3 Å². The molecule has 102 valence electrons. The van der Waals surface area contributed by atoms with Crippen molar-refractivity contribution in [1.82, 2.24) is 4.98 Å². The quantitative estimate of drug-likeness (QED) is 0.686. The number of halogens is 1. The molecule has 0 amide bonds. The molecule has 0 spiro atoms. The van der Waals surface area contributed by atoms with Gasteiger partial charge in [0.05, 0.1) is 9.82 Å². The van der Waals surface area contributed by atoms with E-state index in [0.29, 0.717) is 9.79 Å². The number of aromatic carboxylic acids is 1. The summed E-state index contributed by atoms with van der Waals surface area (Å²) in [6.07, 6.45) is 1.34. The van der Waals surface area contributed by atoms with Gasteiger partial charge in [0.15, 0.2) is 0 Å². The summed E-state index contributed by atoms with van der Waals surface area (Å²) in [6.45, 7) is 0. The normalized spacial score (nSPS) is 10.2. The highest BCUT2D eigenvalue weighted by molar-refractivity contribution is 7.99. The van der Waals surface area contributed by atoms with Gasteiger partial charge >= 0.3 is 11.7 Å². The minimum atomic E-state index is -1.16. The van der Waals surface area contributed by atoms with E-state index in [0.717, 1.165) is 11.8 Å². The Labute approximate surface area is 122 Å². The molecule has 2 aromatic rings. The first-order valence-electron chi connectivity index (χ1n) is 5.29. The molecule has 0 bridgehead atoms. The van der Waals surface area contributed by atoms with Crippen molar-refractivity contribution in [3.8, 4) is 0 Å². The Morgan fingerprint density at radius 1 is 1.40 bits per heavy atom. The van der Waals surface area contributed by atoms with E-state index in [4.69, 9.17) is 16.7 Å². The predicted octanol–water partition coefficient (Wildman–Crippen LogP) is 3.49. The van der Waals surface area contributed by atoms with E-state index in [1.54, 1.807) is 18.2 Å². The summed E-state index contributed by atoms with van der Waals surface area (Å²) in [5, 5.41) is 19.9. The van der Waals surface area contributed by atoms with Crippen LogP contribution in [0.5, 0.6) is 0 Å². The standard InChI is InChI=1S/C12H7ClN2O4S/c13-8-2-1-3-10(11(8)15(18)19)20-7-4-5-14-9(6-7)12(16)17/h1-6H,(H,16,17). The van der Waals surface area contributed by atoms with Crippen molar-refractivity contribution >= 4 is 35.0 Å². The zero-order valence-corrected chi connectivity index (χ0v) is 11.4. The Morgan fingerprint density at radius 3 is 2.80 bits per heavy atom. The molecule has 1 aromatic heterocycles. The number of aromatic nitrogens is 1. The van der Waals surface area contributed by atoms with Gasteiger partial charge in [-0.05, 0) is 24.3 Å². The Balaban J connectivity index is 2.40. The highest BCUT2D eigenvalue weighted by atomic mass is 35.5. The van der Waals surface area contributed by atoms with Gasteiger partial charge in [0.2, 0.25) is 0 Å². The van der Waals surface area contributed by atoms with Crippen LogP contribution in [0.2, 0.25) is 5.02 Å². The van der Waals surface area contributed by atoms with Crippen LogP contribution in [0.3, 0.4) is 0 Å². The van der Waals surface area contributed by atoms with E-state index < -0.39 is 10.9 Å². The van der Waals surface area contributed by atoms with Crippen LogP contribution in [0.1, 0.15) is 10.5 Å². The minimum absolute atomic E-state index is 0.0347. The summed E-state index contributed by atoms with van der Waals surface area (Å²) in [5.74, 6) is -1.16. The van der Waals surface area contributed by atoms with Gasteiger partial charge in [-0.25, -0.2) is 9.78 Å². The first-order chi connectivity index (χ1) is 9.49. The largest absolute Gasteiger partial charge is 0.477 e. The number of para-hydroxylation sites is 1. The number of benzene rings is 1. The summed E-state index contributed by atoms with van der Waals surface area (Å²) < 4.78 is 0. The number of hydrogen-bond acceptors (Lipinski definition) is 5. The molecule has 20 heavy (non-hydrogen) atoms. The van der Waals surface area contributed by atoms with Crippen molar-refractivity contribution in [2.75, 3.05) is 0 Å². The molecule has 1 heterocycles. The number of nitro groups is 1. The fraction of sp³-hybridized carbons (Fsp3) is 0.